The highest BCUT2D eigenvalue weighted by atomic mass is 16.4. The van der Waals surface area contributed by atoms with Crippen molar-refractivity contribution in [2.45, 2.75) is 6.54 Å². The molecule has 19 heavy (non-hydrogen) atoms. The number of fused-ring (bicyclic) bond motifs is 1. The Kier molecular flexibility index (Phi) is 3.02. The molecule has 0 saturated carbocycles. The summed E-state index contributed by atoms with van der Waals surface area (Å²) in [4.78, 5) is 14.1. The standard InChI is InChI=1S/C14H15N3O2/c1-2-8-17-13-11(16-9-6-15-7-10-16)4-3-5-12(13)19-14(17)18/h1,3-5,15H,6-10H2. The van der Waals surface area contributed by atoms with E-state index in [1.54, 1.807) is 6.07 Å². The predicted molar refractivity (Wildman–Crippen MR) is 74.4 cm³/mol. The molecule has 1 aliphatic rings. The minimum Gasteiger partial charge on any atom is -0.408 e. The molecule has 0 aliphatic carbocycles. The minimum absolute atomic E-state index is 0.231. The van der Waals surface area contributed by atoms with E-state index in [-0.39, 0.29) is 6.54 Å². The molecule has 0 bridgehead atoms. The van der Waals surface area contributed by atoms with Crippen molar-refractivity contribution in [2.75, 3.05) is 31.1 Å². The highest BCUT2D eigenvalue weighted by Crippen LogP contribution is 2.26. The number of hydrogen-bond donors (Lipinski definition) is 1. The number of aromatic nitrogens is 1. The molecule has 1 saturated heterocycles. The van der Waals surface area contributed by atoms with Gasteiger partial charge in [-0.15, -0.1) is 6.42 Å². The summed E-state index contributed by atoms with van der Waals surface area (Å²) in [6.07, 6.45) is 5.33. The lowest BCUT2D eigenvalue weighted by Gasteiger charge is -2.29. The Balaban J connectivity index is 2.18. The van der Waals surface area contributed by atoms with Gasteiger partial charge >= 0.3 is 5.76 Å². The van der Waals surface area contributed by atoms with E-state index in [1.165, 1.54) is 4.57 Å². The molecule has 1 fully saturated rings. The number of nitrogens with one attached hydrogen (secondary N) is 1. The van der Waals surface area contributed by atoms with Gasteiger partial charge in [-0.2, -0.15) is 0 Å². The van der Waals surface area contributed by atoms with Gasteiger partial charge < -0.3 is 14.6 Å². The summed E-state index contributed by atoms with van der Waals surface area (Å²) in [5.41, 5.74) is 2.41. The summed E-state index contributed by atoms with van der Waals surface area (Å²) in [6.45, 7) is 3.93. The maximum absolute atomic E-state index is 11.8. The van der Waals surface area contributed by atoms with Crippen LogP contribution in [0, 0.1) is 12.3 Å². The summed E-state index contributed by atoms with van der Waals surface area (Å²) in [5.74, 6) is 2.11. The maximum Gasteiger partial charge on any atom is 0.420 e. The zero-order valence-electron chi connectivity index (χ0n) is 10.6. The number of oxazole rings is 1. The molecule has 5 nitrogen and oxygen atoms in total. The Morgan fingerprint density at radius 2 is 2.16 bits per heavy atom. The van der Waals surface area contributed by atoms with Crippen LogP contribution in [0.3, 0.4) is 0 Å². The molecule has 2 aromatic rings. The Labute approximate surface area is 110 Å². The normalized spacial score (nSPS) is 15.6. The minimum atomic E-state index is -0.393. The first-order chi connectivity index (χ1) is 9.31. The molecule has 1 aliphatic heterocycles. The van der Waals surface area contributed by atoms with Crippen LogP contribution >= 0.6 is 0 Å². The highest BCUT2D eigenvalue weighted by Gasteiger charge is 2.18. The number of piperazine rings is 1. The van der Waals surface area contributed by atoms with Crippen LogP contribution < -0.4 is 16.0 Å². The van der Waals surface area contributed by atoms with Gasteiger partial charge in [-0.3, -0.25) is 4.57 Å². The number of hydrogen-bond acceptors (Lipinski definition) is 4. The molecule has 0 radical (unpaired) electrons. The molecule has 0 unspecified atom stereocenters. The van der Waals surface area contributed by atoms with E-state index >= 15 is 0 Å². The van der Waals surface area contributed by atoms with Gasteiger partial charge in [-0.1, -0.05) is 12.0 Å². The van der Waals surface area contributed by atoms with Crippen molar-refractivity contribution in [2.24, 2.45) is 0 Å². The number of nitrogens with zero attached hydrogens (tertiary/aromatic N) is 2. The van der Waals surface area contributed by atoms with Gasteiger partial charge in [0.15, 0.2) is 5.58 Å². The average molecular weight is 257 g/mol. The lowest BCUT2D eigenvalue weighted by Crippen LogP contribution is -2.43. The van der Waals surface area contributed by atoms with Crippen LogP contribution in [0.4, 0.5) is 5.69 Å². The molecule has 2 heterocycles. The van der Waals surface area contributed by atoms with E-state index < -0.39 is 5.76 Å². The lowest BCUT2D eigenvalue weighted by molar-refractivity contribution is 0.521. The summed E-state index contributed by atoms with van der Waals surface area (Å²) in [5, 5.41) is 3.31. The number of para-hydroxylation sites is 1. The second kappa shape index (κ2) is 4.82. The van der Waals surface area contributed by atoms with Gasteiger partial charge in [0, 0.05) is 26.2 Å². The van der Waals surface area contributed by atoms with E-state index in [2.05, 4.69) is 16.1 Å². The quantitative estimate of drug-likeness (QED) is 0.802. The van der Waals surface area contributed by atoms with Gasteiger partial charge in [-0.05, 0) is 12.1 Å². The fraction of sp³-hybridized carbons (Fsp3) is 0.357. The molecule has 0 amide bonds. The Hall–Kier alpha value is -2.19. The van der Waals surface area contributed by atoms with Gasteiger partial charge in [0.1, 0.15) is 5.52 Å². The third-order valence-electron chi connectivity index (χ3n) is 3.37. The smallest absolute Gasteiger partial charge is 0.408 e. The fourth-order valence-corrected chi connectivity index (χ4v) is 2.50. The maximum atomic E-state index is 11.8. The first kappa shape index (κ1) is 11.9. The Bertz CT molecular complexity index is 687. The van der Waals surface area contributed by atoms with Crippen molar-refractivity contribution < 1.29 is 4.42 Å². The van der Waals surface area contributed by atoms with Crippen LogP contribution in [0.5, 0.6) is 0 Å². The second-order valence-corrected chi connectivity index (χ2v) is 4.52. The van der Waals surface area contributed by atoms with Crippen molar-refractivity contribution in [3.63, 3.8) is 0 Å². The summed E-state index contributed by atoms with van der Waals surface area (Å²) >= 11 is 0. The molecule has 1 aromatic carbocycles. The van der Waals surface area contributed by atoms with Crippen molar-refractivity contribution in [3.8, 4) is 12.3 Å². The predicted octanol–water partition coefficient (Wildman–Crippen LogP) is 0.637. The topological polar surface area (TPSA) is 50.4 Å². The summed E-state index contributed by atoms with van der Waals surface area (Å²) in [6, 6.07) is 5.72. The molecular formula is C14H15N3O2. The van der Waals surface area contributed by atoms with Gasteiger partial charge in [-0.25, -0.2) is 4.79 Å². The second-order valence-electron chi connectivity index (χ2n) is 4.52. The molecule has 1 N–H and O–H groups in total. The monoisotopic (exact) mass is 257 g/mol. The van der Waals surface area contributed by atoms with E-state index in [1.807, 2.05) is 12.1 Å². The molecule has 98 valence electrons. The Morgan fingerprint density at radius 1 is 1.37 bits per heavy atom. The lowest BCUT2D eigenvalue weighted by atomic mass is 10.2. The third-order valence-corrected chi connectivity index (χ3v) is 3.37. The van der Waals surface area contributed by atoms with E-state index in [9.17, 15) is 4.79 Å². The molecule has 0 atom stereocenters. The number of benzene rings is 1. The first-order valence-electron chi connectivity index (χ1n) is 6.33. The fourth-order valence-electron chi connectivity index (χ4n) is 2.50. The Morgan fingerprint density at radius 3 is 2.89 bits per heavy atom. The van der Waals surface area contributed by atoms with Gasteiger partial charge in [0.2, 0.25) is 0 Å². The first-order valence-corrected chi connectivity index (χ1v) is 6.33. The summed E-state index contributed by atoms with van der Waals surface area (Å²) < 4.78 is 6.77. The molecule has 0 spiro atoms. The van der Waals surface area contributed by atoms with Crippen LogP contribution in [0.1, 0.15) is 0 Å². The van der Waals surface area contributed by atoms with Crippen LogP contribution in [0.2, 0.25) is 0 Å². The summed E-state index contributed by atoms with van der Waals surface area (Å²) in [7, 11) is 0. The molecule has 1 aromatic heterocycles. The third kappa shape index (κ3) is 2.00. The zero-order chi connectivity index (χ0) is 13.2. The van der Waals surface area contributed by atoms with Crippen LogP contribution in [0.25, 0.3) is 11.1 Å². The van der Waals surface area contributed by atoms with Gasteiger partial charge in [0.25, 0.3) is 0 Å². The number of anilines is 1. The van der Waals surface area contributed by atoms with Crippen LogP contribution in [0.15, 0.2) is 27.4 Å². The van der Waals surface area contributed by atoms with Crippen LogP contribution in [-0.2, 0) is 6.54 Å². The van der Waals surface area contributed by atoms with E-state index in [0.717, 1.165) is 37.4 Å². The zero-order valence-corrected chi connectivity index (χ0v) is 10.6. The number of rotatable bonds is 2. The van der Waals surface area contributed by atoms with E-state index in [0.29, 0.717) is 5.58 Å². The van der Waals surface area contributed by atoms with Crippen molar-refractivity contribution in [1.82, 2.24) is 9.88 Å². The molecular weight excluding hydrogens is 242 g/mol. The van der Waals surface area contributed by atoms with Crippen LogP contribution in [-0.4, -0.2) is 30.7 Å². The largest absolute Gasteiger partial charge is 0.420 e. The van der Waals surface area contributed by atoms with Crippen molar-refractivity contribution >= 4 is 16.8 Å². The van der Waals surface area contributed by atoms with Gasteiger partial charge in [0.05, 0.1) is 12.2 Å². The number of terminal acetylenes is 1. The van der Waals surface area contributed by atoms with Crippen molar-refractivity contribution in [1.29, 1.82) is 0 Å². The SMILES string of the molecule is C#CCn1c(=O)oc2cccc(N3CCNCC3)c21. The highest BCUT2D eigenvalue weighted by molar-refractivity contribution is 5.88. The molecule has 5 heteroatoms. The van der Waals surface area contributed by atoms with Crippen molar-refractivity contribution in [3.05, 3.63) is 28.7 Å². The van der Waals surface area contributed by atoms with E-state index in [4.69, 9.17) is 10.8 Å². The molecule has 3 rings (SSSR count). The average Bonchev–Trinajstić information content (AvgIpc) is 2.76.